The predicted molar refractivity (Wildman–Crippen MR) is 71.3 cm³/mol. The number of carboxylic acids is 1. The third-order valence-corrected chi connectivity index (χ3v) is 3.24. The van der Waals surface area contributed by atoms with E-state index >= 15 is 0 Å². The van der Waals surface area contributed by atoms with Crippen LogP contribution in [0.5, 0.6) is 0 Å². The number of aliphatic carboxylic acids is 1. The maximum absolute atomic E-state index is 11.6. The summed E-state index contributed by atoms with van der Waals surface area (Å²) in [6, 6.07) is 0. The van der Waals surface area contributed by atoms with Gasteiger partial charge in [-0.3, -0.25) is 9.59 Å². The molecule has 1 aliphatic rings. The Bertz CT molecular complexity index is 353. The summed E-state index contributed by atoms with van der Waals surface area (Å²) in [5, 5.41) is 8.51. The molecule has 3 nitrogen and oxygen atoms in total. The number of rotatable bonds is 8. The van der Waals surface area contributed by atoms with Crippen LogP contribution in [0.1, 0.15) is 51.9 Å². The Labute approximate surface area is 109 Å². The molecule has 0 saturated heterocycles. The number of hydrogen-bond acceptors (Lipinski definition) is 2. The lowest BCUT2D eigenvalue weighted by Gasteiger charge is -2.09. The van der Waals surface area contributed by atoms with Crippen LogP contribution in [0, 0.1) is 5.92 Å². The van der Waals surface area contributed by atoms with E-state index in [1.54, 1.807) is 6.08 Å². The van der Waals surface area contributed by atoms with E-state index in [0.29, 0.717) is 0 Å². The highest BCUT2D eigenvalue weighted by Crippen LogP contribution is 2.27. The van der Waals surface area contributed by atoms with E-state index in [2.05, 4.69) is 0 Å². The van der Waals surface area contributed by atoms with Crippen molar-refractivity contribution in [2.24, 2.45) is 5.92 Å². The average Bonchev–Trinajstić information content (AvgIpc) is 2.66. The fourth-order valence-electron chi connectivity index (χ4n) is 2.30. The van der Waals surface area contributed by atoms with Crippen LogP contribution >= 0.6 is 0 Å². The third kappa shape index (κ3) is 4.86. The van der Waals surface area contributed by atoms with Gasteiger partial charge in [-0.05, 0) is 25.3 Å². The fraction of sp³-hybridized carbons (Fsp3) is 0.600. The van der Waals surface area contributed by atoms with Crippen molar-refractivity contribution < 1.29 is 14.7 Å². The minimum absolute atomic E-state index is 0.160. The number of carbonyl (C=O) groups is 2. The summed E-state index contributed by atoms with van der Waals surface area (Å²) in [7, 11) is 0. The van der Waals surface area contributed by atoms with Gasteiger partial charge in [0.05, 0.1) is 0 Å². The maximum atomic E-state index is 11.6. The Morgan fingerprint density at radius 3 is 2.72 bits per heavy atom. The van der Waals surface area contributed by atoms with Crippen molar-refractivity contribution in [3.8, 4) is 0 Å². The molecule has 0 fully saturated rings. The van der Waals surface area contributed by atoms with Crippen LogP contribution in [0.2, 0.25) is 0 Å². The third-order valence-electron chi connectivity index (χ3n) is 3.24. The van der Waals surface area contributed by atoms with E-state index in [4.69, 9.17) is 5.11 Å². The van der Waals surface area contributed by atoms with Crippen LogP contribution < -0.4 is 0 Å². The summed E-state index contributed by atoms with van der Waals surface area (Å²) in [5.74, 6) is -0.267. The van der Waals surface area contributed by atoms with Crippen LogP contribution in [0.25, 0.3) is 0 Å². The summed E-state index contributed by atoms with van der Waals surface area (Å²) in [6.45, 7) is 2.04. The molecule has 100 valence electrons. The second-order valence-electron chi connectivity index (χ2n) is 4.74. The van der Waals surface area contributed by atoms with E-state index in [-0.39, 0.29) is 18.1 Å². The van der Waals surface area contributed by atoms with Gasteiger partial charge in [0.2, 0.25) is 0 Å². The van der Waals surface area contributed by atoms with Gasteiger partial charge in [-0.2, -0.15) is 0 Å². The van der Waals surface area contributed by atoms with E-state index in [1.165, 1.54) is 0 Å². The van der Waals surface area contributed by atoms with Crippen molar-refractivity contribution in [1.29, 1.82) is 0 Å². The number of allylic oxidation sites excluding steroid dienone is 4. The Balaban J connectivity index is 2.19. The Morgan fingerprint density at radius 2 is 2.06 bits per heavy atom. The fourth-order valence-corrected chi connectivity index (χ4v) is 2.30. The van der Waals surface area contributed by atoms with Gasteiger partial charge in [-0.1, -0.05) is 38.3 Å². The topological polar surface area (TPSA) is 54.4 Å². The molecule has 0 bridgehead atoms. The van der Waals surface area contributed by atoms with Gasteiger partial charge in [0, 0.05) is 17.9 Å². The zero-order valence-corrected chi connectivity index (χ0v) is 11.0. The second-order valence-corrected chi connectivity index (χ2v) is 4.74. The molecule has 1 rings (SSSR count). The predicted octanol–water partition coefficient (Wildman–Crippen LogP) is 3.50. The molecule has 1 N–H and O–H groups in total. The second kappa shape index (κ2) is 7.85. The quantitative estimate of drug-likeness (QED) is 0.530. The average molecular weight is 250 g/mol. The number of unbranched alkanes of at least 4 members (excludes halogenated alkanes) is 3. The summed E-state index contributed by atoms with van der Waals surface area (Å²) in [4.78, 5) is 21.9. The molecule has 0 radical (unpaired) electrons. The van der Waals surface area contributed by atoms with Crippen molar-refractivity contribution in [2.45, 2.75) is 51.9 Å². The van der Waals surface area contributed by atoms with Gasteiger partial charge in [0.15, 0.2) is 5.78 Å². The van der Waals surface area contributed by atoms with E-state index in [0.717, 1.165) is 44.1 Å². The molecule has 0 amide bonds. The van der Waals surface area contributed by atoms with Crippen LogP contribution in [-0.4, -0.2) is 16.9 Å². The highest BCUT2D eigenvalue weighted by Gasteiger charge is 2.21. The maximum Gasteiger partial charge on any atom is 0.303 e. The summed E-state index contributed by atoms with van der Waals surface area (Å²) in [5.41, 5.74) is 0.947. The molecule has 0 heterocycles. The molecule has 1 unspecified atom stereocenters. The number of ketones is 1. The smallest absolute Gasteiger partial charge is 0.303 e. The molecular formula is C15H22O3. The molecule has 0 aromatic carbocycles. The summed E-state index contributed by atoms with van der Waals surface area (Å²) >= 11 is 0. The van der Waals surface area contributed by atoms with Gasteiger partial charge in [-0.25, -0.2) is 0 Å². The summed E-state index contributed by atoms with van der Waals surface area (Å²) < 4.78 is 0. The SMILES string of the molecule is CC/C=C1\C(=O)C=CC1CCCCCCC(=O)O. The molecule has 1 atom stereocenters. The lowest BCUT2D eigenvalue weighted by Crippen LogP contribution is -2.03. The van der Waals surface area contributed by atoms with Gasteiger partial charge >= 0.3 is 5.97 Å². The van der Waals surface area contributed by atoms with E-state index in [1.807, 2.05) is 19.1 Å². The first-order chi connectivity index (χ1) is 8.65. The van der Waals surface area contributed by atoms with Gasteiger partial charge in [0.1, 0.15) is 0 Å². The first kappa shape index (κ1) is 14.7. The highest BCUT2D eigenvalue weighted by molar-refractivity contribution is 6.07. The molecule has 18 heavy (non-hydrogen) atoms. The lowest BCUT2D eigenvalue weighted by molar-refractivity contribution is -0.137. The largest absolute Gasteiger partial charge is 0.481 e. The minimum Gasteiger partial charge on any atom is -0.481 e. The standard InChI is InChI=1S/C15H22O3/c1-2-7-13-12(10-11-14(13)16)8-5-3-4-6-9-15(17)18/h7,10-12H,2-6,8-9H2,1H3,(H,17,18)/b13-7-. The van der Waals surface area contributed by atoms with Crippen molar-refractivity contribution in [3.05, 3.63) is 23.8 Å². The molecule has 1 aliphatic carbocycles. The van der Waals surface area contributed by atoms with E-state index in [9.17, 15) is 9.59 Å². The van der Waals surface area contributed by atoms with Crippen molar-refractivity contribution in [1.82, 2.24) is 0 Å². The molecule has 0 aromatic rings. The molecular weight excluding hydrogens is 228 g/mol. The molecule has 0 saturated carbocycles. The number of carbonyl (C=O) groups excluding carboxylic acids is 1. The molecule has 0 aliphatic heterocycles. The van der Waals surface area contributed by atoms with Gasteiger partial charge in [0.25, 0.3) is 0 Å². The normalized spacial score (nSPS) is 20.8. The van der Waals surface area contributed by atoms with Crippen molar-refractivity contribution in [2.75, 3.05) is 0 Å². The van der Waals surface area contributed by atoms with Crippen LogP contribution in [0.3, 0.4) is 0 Å². The lowest BCUT2D eigenvalue weighted by atomic mass is 9.94. The minimum atomic E-state index is -0.715. The monoisotopic (exact) mass is 250 g/mol. The van der Waals surface area contributed by atoms with Gasteiger partial charge in [-0.15, -0.1) is 0 Å². The molecule has 0 aromatic heterocycles. The zero-order chi connectivity index (χ0) is 13.4. The Hall–Kier alpha value is -1.38. The first-order valence-corrected chi connectivity index (χ1v) is 6.79. The van der Waals surface area contributed by atoms with Crippen LogP contribution in [0.15, 0.2) is 23.8 Å². The van der Waals surface area contributed by atoms with Crippen molar-refractivity contribution >= 4 is 11.8 Å². The van der Waals surface area contributed by atoms with Gasteiger partial charge < -0.3 is 5.11 Å². The van der Waals surface area contributed by atoms with E-state index < -0.39 is 5.97 Å². The molecule has 3 heteroatoms. The summed E-state index contributed by atoms with van der Waals surface area (Å²) in [6.07, 6.45) is 11.7. The van der Waals surface area contributed by atoms with Crippen LogP contribution in [-0.2, 0) is 9.59 Å². The van der Waals surface area contributed by atoms with Crippen LogP contribution in [0.4, 0.5) is 0 Å². The number of carboxylic acid groups (broad SMARTS) is 1. The molecule has 0 spiro atoms. The Morgan fingerprint density at radius 1 is 1.33 bits per heavy atom. The number of hydrogen-bond donors (Lipinski definition) is 1. The highest BCUT2D eigenvalue weighted by atomic mass is 16.4. The first-order valence-electron chi connectivity index (χ1n) is 6.79. The zero-order valence-electron chi connectivity index (χ0n) is 11.0. The van der Waals surface area contributed by atoms with Crippen molar-refractivity contribution in [3.63, 3.8) is 0 Å². The Kier molecular flexibility index (Phi) is 6.40.